The van der Waals surface area contributed by atoms with Gasteiger partial charge in [-0.15, -0.1) is 0 Å². The lowest BCUT2D eigenvalue weighted by Gasteiger charge is -2.17. The number of carbonyl (C=O) groups is 1. The van der Waals surface area contributed by atoms with Crippen molar-refractivity contribution in [2.24, 2.45) is 0 Å². The lowest BCUT2D eigenvalue weighted by molar-refractivity contribution is -0.149. The molecule has 0 bridgehead atoms. The molecule has 4 nitrogen and oxygen atoms in total. The van der Waals surface area contributed by atoms with E-state index in [0.29, 0.717) is 0 Å². The molecule has 2 atom stereocenters. The molecule has 0 aromatic heterocycles. The Bertz CT molecular complexity index is 334. The Morgan fingerprint density at radius 1 is 1.40 bits per heavy atom. The summed E-state index contributed by atoms with van der Waals surface area (Å²) in [6.07, 6.45) is -2.50. The fourth-order valence-electron chi connectivity index (χ4n) is 1.01. The number of hydrogen-bond acceptors (Lipinski definition) is 3. The third-order valence-corrected chi connectivity index (χ3v) is 1.76. The third kappa shape index (κ3) is 3.21. The number of aliphatic hydroxyl groups excluding tert-OH is 1. The predicted octanol–water partition coefficient (Wildman–Crippen LogP) is 1.04. The summed E-state index contributed by atoms with van der Waals surface area (Å²) < 4.78 is 17.5. The van der Waals surface area contributed by atoms with Crippen LogP contribution in [0.1, 0.15) is 6.92 Å². The van der Waals surface area contributed by atoms with Crippen LogP contribution in [0, 0.1) is 5.82 Å². The average molecular weight is 214 g/mol. The summed E-state index contributed by atoms with van der Waals surface area (Å²) >= 11 is 0. The molecule has 2 unspecified atom stereocenters. The highest BCUT2D eigenvalue weighted by molar-refractivity contribution is 5.73. The number of rotatable bonds is 4. The minimum Gasteiger partial charge on any atom is -0.478 e. The van der Waals surface area contributed by atoms with Crippen molar-refractivity contribution in [3.05, 3.63) is 30.1 Å². The molecule has 1 rings (SSSR count). The fraction of sp³-hybridized carbons (Fsp3) is 0.300. The Labute approximate surface area is 85.9 Å². The highest BCUT2D eigenvalue weighted by Crippen LogP contribution is 2.14. The second kappa shape index (κ2) is 4.75. The van der Waals surface area contributed by atoms with Crippen molar-refractivity contribution in [1.82, 2.24) is 0 Å². The molecule has 0 saturated carbocycles. The van der Waals surface area contributed by atoms with Crippen LogP contribution in [0.3, 0.4) is 0 Å². The van der Waals surface area contributed by atoms with Crippen LogP contribution in [-0.2, 0) is 4.79 Å². The number of carboxylic acid groups (broad SMARTS) is 1. The smallest absolute Gasteiger partial charge is 0.347 e. The summed E-state index contributed by atoms with van der Waals surface area (Å²) in [5.41, 5.74) is 0. The molecular weight excluding hydrogens is 203 g/mol. The zero-order valence-corrected chi connectivity index (χ0v) is 8.05. The van der Waals surface area contributed by atoms with Crippen molar-refractivity contribution in [3.8, 4) is 5.75 Å². The van der Waals surface area contributed by atoms with Gasteiger partial charge in [-0.1, -0.05) is 0 Å². The van der Waals surface area contributed by atoms with Crippen molar-refractivity contribution in [1.29, 1.82) is 0 Å². The number of hydrogen-bond donors (Lipinski definition) is 2. The number of aliphatic carboxylic acids is 1. The predicted molar refractivity (Wildman–Crippen MR) is 50.1 cm³/mol. The molecule has 0 amide bonds. The molecule has 0 aliphatic heterocycles. The molecule has 0 aliphatic rings. The molecule has 82 valence electrons. The van der Waals surface area contributed by atoms with E-state index in [9.17, 15) is 9.18 Å². The van der Waals surface area contributed by atoms with Gasteiger partial charge in [-0.25, -0.2) is 9.18 Å². The maximum Gasteiger partial charge on any atom is 0.347 e. The number of halogens is 1. The largest absolute Gasteiger partial charge is 0.478 e. The molecule has 0 fully saturated rings. The van der Waals surface area contributed by atoms with E-state index in [4.69, 9.17) is 14.9 Å². The Morgan fingerprint density at radius 3 is 2.33 bits per heavy atom. The van der Waals surface area contributed by atoms with Gasteiger partial charge >= 0.3 is 5.97 Å². The van der Waals surface area contributed by atoms with E-state index >= 15 is 0 Å². The summed E-state index contributed by atoms with van der Waals surface area (Å²) in [7, 11) is 0. The Morgan fingerprint density at radius 2 is 1.93 bits per heavy atom. The van der Waals surface area contributed by atoms with Gasteiger partial charge in [0, 0.05) is 0 Å². The molecular formula is C10H11FO4. The maximum atomic E-state index is 12.5. The molecule has 0 aliphatic carbocycles. The number of benzene rings is 1. The highest BCUT2D eigenvalue weighted by atomic mass is 19.1. The summed E-state index contributed by atoms with van der Waals surface area (Å²) in [5.74, 6) is -1.51. The van der Waals surface area contributed by atoms with E-state index < -0.39 is 24.0 Å². The van der Waals surface area contributed by atoms with Gasteiger partial charge in [0.1, 0.15) is 11.6 Å². The maximum absolute atomic E-state index is 12.5. The van der Waals surface area contributed by atoms with E-state index in [2.05, 4.69) is 0 Å². The number of ether oxygens (including phenoxy) is 1. The summed E-state index contributed by atoms with van der Waals surface area (Å²) in [5, 5.41) is 17.8. The first-order valence-corrected chi connectivity index (χ1v) is 4.34. The van der Waals surface area contributed by atoms with E-state index in [-0.39, 0.29) is 5.75 Å². The van der Waals surface area contributed by atoms with Crippen LogP contribution in [0.2, 0.25) is 0 Å². The second-order valence-corrected chi connectivity index (χ2v) is 3.07. The van der Waals surface area contributed by atoms with Gasteiger partial charge < -0.3 is 14.9 Å². The quantitative estimate of drug-likeness (QED) is 0.785. The fourth-order valence-corrected chi connectivity index (χ4v) is 1.01. The van der Waals surface area contributed by atoms with Gasteiger partial charge in [-0.3, -0.25) is 0 Å². The summed E-state index contributed by atoms with van der Waals surface area (Å²) in [4.78, 5) is 10.7. The number of aliphatic hydroxyl groups is 1. The van der Waals surface area contributed by atoms with Gasteiger partial charge in [0.05, 0.1) is 6.10 Å². The lowest BCUT2D eigenvalue weighted by atomic mass is 10.2. The molecule has 0 spiro atoms. The molecule has 15 heavy (non-hydrogen) atoms. The first-order valence-electron chi connectivity index (χ1n) is 4.34. The zero-order valence-electron chi connectivity index (χ0n) is 8.05. The van der Waals surface area contributed by atoms with E-state index in [1.165, 1.54) is 19.1 Å². The normalized spacial score (nSPS) is 14.3. The van der Waals surface area contributed by atoms with Crippen LogP contribution in [0.5, 0.6) is 5.75 Å². The summed E-state index contributed by atoms with van der Waals surface area (Å²) in [6, 6.07) is 4.90. The molecule has 0 heterocycles. The molecule has 0 radical (unpaired) electrons. The highest BCUT2D eigenvalue weighted by Gasteiger charge is 2.24. The SMILES string of the molecule is CC(O)C(Oc1ccc(F)cc1)C(=O)O. The van der Waals surface area contributed by atoms with Crippen molar-refractivity contribution in [3.63, 3.8) is 0 Å². The Balaban J connectivity index is 2.74. The second-order valence-electron chi connectivity index (χ2n) is 3.07. The minimum atomic E-state index is -1.35. The van der Waals surface area contributed by atoms with Crippen LogP contribution < -0.4 is 4.74 Å². The lowest BCUT2D eigenvalue weighted by Crippen LogP contribution is -2.37. The van der Waals surface area contributed by atoms with Crippen LogP contribution in [0.15, 0.2) is 24.3 Å². The van der Waals surface area contributed by atoms with Crippen LogP contribution in [-0.4, -0.2) is 28.4 Å². The Hall–Kier alpha value is -1.62. The minimum absolute atomic E-state index is 0.199. The van der Waals surface area contributed by atoms with Crippen LogP contribution in [0.4, 0.5) is 4.39 Å². The third-order valence-electron chi connectivity index (χ3n) is 1.76. The Kier molecular flexibility index (Phi) is 3.62. The van der Waals surface area contributed by atoms with Crippen LogP contribution in [0.25, 0.3) is 0 Å². The van der Waals surface area contributed by atoms with Gasteiger partial charge in [-0.2, -0.15) is 0 Å². The van der Waals surface area contributed by atoms with Crippen molar-refractivity contribution in [2.45, 2.75) is 19.1 Å². The molecule has 2 N–H and O–H groups in total. The summed E-state index contributed by atoms with van der Waals surface area (Å²) in [6.45, 7) is 1.31. The number of carboxylic acids is 1. The van der Waals surface area contributed by atoms with E-state index in [0.717, 1.165) is 12.1 Å². The molecule has 1 aromatic carbocycles. The average Bonchev–Trinajstić information content (AvgIpc) is 2.15. The van der Waals surface area contributed by atoms with Crippen molar-refractivity contribution < 1.29 is 24.1 Å². The van der Waals surface area contributed by atoms with E-state index in [1.54, 1.807) is 0 Å². The molecule has 5 heteroatoms. The van der Waals surface area contributed by atoms with Crippen molar-refractivity contribution in [2.75, 3.05) is 0 Å². The van der Waals surface area contributed by atoms with Gasteiger partial charge in [0.2, 0.25) is 6.10 Å². The first kappa shape index (κ1) is 11.5. The topological polar surface area (TPSA) is 66.8 Å². The zero-order chi connectivity index (χ0) is 11.4. The van der Waals surface area contributed by atoms with Gasteiger partial charge in [0.15, 0.2) is 0 Å². The molecule has 0 saturated heterocycles. The first-order chi connectivity index (χ1) is 7.00. The standard InChI is InChI=1S/C10H11FO4/c1-6(12)9(10(13)14)15-8-4-2-7(11)3-5-8/h2-6,9,12H,1H3,(H,13,14). The monoisotopic (exact) mass is 214 g/mol. The van der Waals surface area contributed by atoms with E-state index in [1.807, 2.05) is 0 Å². The van der Waals surface area contributed by atoms with Gasteiger partial charge in [0.25, 0.3) is 0 Å². The van der Waals surface area contributed by atoms with Crippen LogP contribution >= 0.6 is 0 Å². The molecule has 1 aromatic rings. The van der Waals surface area contributed by atoms with Crippen molar-refractivity contribution >= 4 is 5.97 Å². The van der Waals surface area contributed by atoms with Gasteiger partial charge in [-0.05, 0) is 31.2 Å².